The maximum absolute atomic E-state index is 13.4. The zero-order valence-electron chi connectivity index (χ0n) is 21.6. The van der Waals surface area contributed by atoms with Gasteiger partial charge in [0.15, 0.2) is 0 Å². The van der Waals surface area contributed by atoms with Gasteiger partial charge in [0.25, 0.3) is 5.91 Å². The number of ether oxygens (including phenoxy) is 1. The minimum Gasteiger partial charge on any atom is -0.379 e. The minimum atomic E-state index is -0.313. The molecule has 2 aliphatic heterocycles. The fourth-order valence-corrected chi connectivity index (χ4v) is 4.97. The smallest absolute Gasteiger partial charge is 0.319 e. The number of nitrogens with zero attached hydrogens (tertiary/aromatic N) is 2. The van der Waals surface area contributed by atoms with Crippen LogP contribution in [-0.4, -0.2) is 62.8 Å². The number of nitrogens with one attached hydrogen (secondary N) is 3. The molecular weight excluding hydrogens is 478 g/mol. The van der Waals surface area contributed by atoms with Crippen molar-refractivity contribution < 1.29 is 14.3 Å². The molecule has 0 radical (unpaired) electrons. The van der Waals surface area contributed by atoms with Gasteiger partial charge in [-0.1, -0.05) is 54.6 Å². The van der Waals surface area contributed by atoms with E-state index in [2.05, 4.69) is 50.0 Å². The zero-order chi connectivity index (χ0) is 26.2. The number of benzene rings is 3. The lowest BCUT2D eigenvalue weighted by molar-refractivity contribution is 0.0383. The summed E-state index contributed by atoms with van der Waals surface area (Å²) in [7, 11) is 0. The number of carbonyl (C=O) groups is 2. The Balaban J connectivity index is 1.29. The molecule has 3 aromatic carbocycles. The van der Waals surface area contributed by atoms with Gasteiger partial charge in [0.2, 0.25) is 0 Å². The predicted molar refractivity (Wildman–Crippen MR) is 150 cm³/mol. The van der Waals surface area contributed by atoms with Crippen molar-refractivity contribution in [3.05, 3.63) is 95.1 Å². The molecule has 3 N–H and O–H groups in total. The summed E-state index contributed by atoms with van der Waals surface area (Å²) in [6.07, 6.45) is 0.927. The highest BCUT2D eigenvalue weighted by Crippen LogP contribution is 2.29. The zero-order valence-corrected chi connectivity index (χ0v) is 21.6. The number of urea groups is 1. The Hall–Kier alpha value is -3.88. The van der Waals surface area contributed by atoms with E-state index in [9.17, 15) is 9.59 Å². The van der Waals surface area contributed by atoms with Crippen molar-refractivity contribution in [1.82, 2.24) is 15.5 Å². The summed E-state index contributed by atoms with van der Waals surface area (Å²) in [5.74, 6) is -0.138. The number of carbonyl (C=O) groups excluding carboxylic acids is 2. The van der Waals surface area contributed by atoms with Crippen LogP contribution in [0.4, 0.5) is 16.2 Å². The summed E-state index contributed by atoms with van der Waals surface area (Å²) in [6, 6.07) is 23.5. The SMILES string of the molecule is O=C(NCc1ccccc1)Nc1ccc(N2CCc3ccccc3C2)c(C(=O)NCCN2CCOCC2)c1. The Bertz CT molecular complexity index is 1240. The van der Waals surface area contributed by atoms with Gasteiger partial charge in [-0.15, -0.1) is 0 Å². The van der Waals surface area contributed by atoms with E-state index in [0.717, 1.165) is 63.6 Å². The summed E-state index contributed by atoms with van der Waals surface area (Å²) in [6.45, 7) is 6.55. The van der Waals surface area contributed by atoms with Crippen LogP contribution in [0.25, 0.3) is 0 Å². The lowest BCUT2D eigenvalue weighted by Crippen LogP contribution is -2.41. The van der Waals surface area contributed by atoms with Crippen molar-refractivity contribution in [2.45, 2.75) is 19.5 Å². The first-order chi connectivity index (χ1) is 18.7. The van der Waals surface area contributed by atoms with Crippen molar-refractivity contribution in [1.29, 1.82) is 0 Å². The number of amides is 3. The molecule has 0 atom stereocenters. The van der Waals surface area contributed by atoms with E-state index in [1.165, 1.54) is 11.1 Å². The normalized spacial score (nSPS) is 15.4. The van der Waals surface area contributed by atoms with Gasteiger partial charge in [-0.3, -0.25) is 9.69 Å². The van der Waals surface area contributed by atoms with Crippen molar-refractivity contribution in [3.8, 4) is 0 Å². The molecule has 0 aromatic heterocycles. The fourth-order valence-electron chi connectivity index (χ4n) is 4.97. The minimum absolute atomic E-state index is 0.138. The van der Waals surface area contributed by atoms with Gasteiger partial charge in [0.05, 0.1) is 18.8 Å². The molecule has 3 amide bonds. The van der Waals surface area contributed by atoms with E-state index in [-0.39, 0.29) is 11.9 Å². The molecule has 0 bridgehead atoms. The Morgan fingerprint density at radius 2 is 1.61 bits per heavy atom. The van der Waals surface area contributed by atoms with E-state index in [1.807, 2.05) is 42.5 Å². The molecule has 0 aliphatic carbocycles. The molecule has 1 saturated heterocycles. The van der Waals surface area contributed by atoms with Gasteiger partial charge in [-0.25, -0.2) is 4.79 Å². The number of hydrogen-bond acceptors (Lipinski definition) is 5. The van der Waals surface area contributed by atoms with E-state index >= 15 is 0 Å². The Kier molecular flexibility index (Phi) is 8.53. The summed E-state index contributed by atoms with van der Waals surface area (Å²) in [4.78, 5) is 30.6. The second-order valence-corrected chi connectivity index (χ2v) is 9.68. The molecule has 5 rings (SSSR count). The van der Waals surface area contributed by atoms with Crippen LogP contribution in [0.5, 0.6) is 0 Å². The Morgan fingerprint density at radius 3 is 2.42 bits per heavy atom. The second-order valence-electron chi connectivity index (χ2n) is 9.68. The van der Waals surface area contributed by atoms with Crippen LogP contribution in [0.2, 0.25) is 0 Å². The standard InChI is InChI=1S/C30H35N5O3/c36-29(31-13-15-34-16-18-38-19-17-34)27-20-26(33-30(37)32-21-23-6-2-1-3-7-23)10-11-28(27)35-14-12-24-8-4-5-9-25(24)22-35/h1-11,20H,12-19,21-22H2,(H,31,36)(H2,32,33,37). The van der Waals surface area contributed by atoms with Crippen LogP contribution in [-0.2, 0) is 24.2 Å². The monoisotopic (exact) mass is 513 g/mol. The van der Waals surface area contributed by atoms with Gasteiger partial charge in [-0.05, 0) is 41.3 Å². The third-order valence-corrected chi connectivity index (χ3v) is 7.08. The number of morpholine rings is 1. The molecule has 2 heterocycles. The first-order valence-electron chi connectivity index (χ1n) is 13.3. The van der Waals surface area contributed by atoms with Crippen LogP contribution in [0.15, 0.2) is 72.8 Å². The molecule has 8 heteroatoms. The van der Waals surface area contributed by atoms with E-state index < -0.39 is 0 Å². The van der Waals surface area contributed by atoms with Crippen molar-refractivity contribution >= 4 is 23.3 Å². The molecule has 8 nitrogen and oxygen atoms in total. The molecule has 0 saturated carbocycles. The third kappa shape index (κ3) is 6.70. The van der Waals surface area contributed by atoms with Crippen molar-refractivity contribution in [2.75, 3.05) is 56.2 Å². The summed E-state index contributed by atoms with van der Waals surface area (Å²) < 4.78 is 5.42. The van der Waals surface area contributed by atoms with Crippen LogP contribution >= 0.6 is 0 Å². The molecule has 2 aliphatic rings. The van der Waals surface area contributed by atoms with Gasteiger partial charge in [0, 0.05) is 57.2 Å². The van der Waals surface area contributed by atoms with Crippen LogP contribution in [0.3, 0.4) is 0 Å². The highest BCUT2D eigenvalue weighted by atomic mass is 16.5. The van der Waals surface area contributed by atoms with E-state index in [0.29, 0.717) is 24.3 Å². The highest BCUT2D eigenvalue weighted by molar-refractivity contribution is 6.02. The van der Waals surface area contributed by atoms with Gasteiger partial charge in [-0.2, -0.15) is 0 Å². The molecule has 3 aromatic rings. The average molecular weight is 514 g/mol. The van der Waals surface area contributed by atoms with Crippen LogP contribution < -0.4 is 20.9 Å². The second kappa shape index (κ2) is 12.6. The maximum atomic E-state index is 13.4. The first kappa shape index (κ1) is 25.8. The largest absolute Gasteiger partial charge is 0.379 e. The first-order valence-corrected chi connectivity index (χ1v) is 13.3. The van der Waals surface area contributed by atoms with Gasteiger partial charge >= 0.3 is 6.03 Å². The summed E-state index contributed by atoms with van der Waals surface area (Å²) in [5, 5.41) is 8.87. The molecular formula is C30H35N5O3. The fraction of sp³-hybridized carbons (Fsp3) is 0.333. The molecule has 198 valence electrons. The molecule has 0 unspecified atom stereocenters. The number of fused-ring (bicyclic) bond motifs is 1. The Labute approximate surface area is 224 Å². The van der Waals surface area contributed by atoms with Gasteiger partial charge in [0.1, 0.15) is 0 Å². The van der Waals surface area contributed by atoms with Crippen molar-refractivity contribution in [2.24, 2.45) is 0 Å². The molecule has 1 fully saturated rings. The quantitative estimate of drug-likeness (QED) is 0.428. The average Bonchev–Trinajstić information content (AvgIpc) is 2.97. The lowest BCUT2D eigenvalue weighted by Gasteiger charge is -2.32. The predicted octanol–water partition coefficient (Wildman–Crippen LogP) is 3.63. The number of hydrogen-bond donors (Lipinski definition) is 3. The summed E-state index contributed by atoms with van der Waals surface area (Å²) in [5.41, 5.74) is 5.66. The van der Waals surface area contributed by atoms with Crippen molar-refractivity contribution in [3.63, 3.8) is 0 Å². The van der Waals surface area contributed by atoms with E-state index in [1.54, 1.807) is 6.07 Å². The lowest BCUT2D eigenvalue weighted by atomic mass is 9.98. The highest BCUT2D eigenvalue weighted by Gasteiger charge is 2.22. The van der Waals surface area contributed by atoms with Crippen LogP contribution in [0, 0.1) is 0 Å². The van der Waals surface area contributed by atoms with E-state index in [4.69, 9.17) is 4.74 Å². The van der Waals surface area contributed by atoms with Crippen LogP contribution in [0.1, 0.15) is 27.0 Å². The molecule has 0 spiro atoms. The topological polar surface area (TPSA) is 85.9 Å². The summed E-state index contributed by atoms with van der Waals surface area (Å²) >= 11 is 0. The van der Waals surface area contributed by atoms with Gasteiger partial charge < -0.3 is 25.6 Å². The Morgan fingerprint density at radius 1 is 0.842 bits per heavy atom. The third-order valence-electron chi connectivity index (χ3n) is 7.08. The number of anilines is 2. The maximum Gasteiger partial charge on any atom is 0.319 e. The molecule has 38 heavy (non-hydrogen) atoms. The number of rotatable bonds is 8.